The predicted molar refractivity (Wildman–Crippen MR) is 114 cm³/mol. The van der Waals surface area contributed by atoms with Crippen molar-refractivity contribution in [3.8, 4) is 0 Å². The number of likely N-dealkylation sites (tertiary alicyclic amines) is 1. The SMILES string of the molecule is CCNC(=NCCCOC(C)C)NC1CCN(Cc2ccccc2)C(C)C1. The maximum Gasteiger partial charge on any atom is 0.191 e. The molecule has 1 fully saturated rings. The molecule has 1 aliphatic rings. The minimum atomic E-state index is 0.294. The number of benzene rings is 1. The van der Waals surface area contributed by atoms with Crippen molar-refractivity contribution in [3.05, 3.63) is 35.9 Å². The Kier molecular flexibility index (Phi) is 9.64. The van der Waals surface area contributed by atoms with Gasteiger partial charge in [0.25, 0.3) is 0 Å². The summed E-state index contributed by atoms with van der Waals surface area (Å²) in [6, 6.07) is 11.8. The zero-order valence-electron chi connectivity index (χ0n) is 17.6. The van der Waals surface area contributed by atoms with Gasteiger partial charge in [0.15, 0.2) is 5.96 Å². The normalized spacial score (nSPS) is 21.4. The molecule has 27 heavy (non-hydrogen) atoms. The number of hydrogen-bond acceptors (Lipinski definition) is 3. The maximum absolute atomic E-state index is 5.59. The highest BCUT2D eigenvalue weighted by atomic mass is 16.5. The predicted octanol–water partition coefficient (Wildman–Crippen LogP) is 3.41. The number of guanidine groups is 1. The summed E-state index contributed by atoms with van der Waals surface area (Å²) < 4.78 is 5.59. The molecule has 2 N–H and O–H groups in total. The molecule has 152 valence electrons. The Hall–Kier alpha value is -1.59. The Labute approximate surface area is 165 Å². The van der Waals surface area contributed by atoms with Crippen molar-refractivity contribution in [2.45, 2.75) is 71.7 Å². The Morgan fingerprint density at radius 2 is 2.07 bits per heavy atom. The zero-order valence-corrected chi connectivity index (χ0v) is 17.6. The molecule has 2 atom stereocenters. The van der Waals surface area contributed by atoms with Gasteiger partial charge in [0.05, 0.1) is 6.10 Å². The number of nitrogens with one attached hydrogen (secondary N) is 2. The first-order valence-corrected chi connectivity index (χ1v) is 10.5. The number of ether oxygens (including phenoxy) is 1. The molecule has 0 aliphatic carbocycles. The van der Waals surface area contributed by atoms with Gasteiger partial charge in [0.2, 0.25) is 0 Å². The molecule has 0 spiro atoms. The lowest BCUT2D eigenvalue weighted by molar-refractivity contribution is 0.0782. The van der Waals surface area contributed by atoms with Crippen LogP contribution in [0.15, 0.2) is 35.3 Å². The van der Waals surface area contributed by atoms with E-state index in [2.05, 4.69) is 73.6 Å². The monoisotopic (exact) mass is 374 g/mol. The van der Waals surface area contributed by atoms with E-state index in [1.165, 1.54) is 5.56 Å². The summed E-state index contributed by atoms with van der Waals surface area (Å²) in [5.74, 6) is 0.941. The van der Waals surface area contributed by atoms with E-state index in [9.17, 15) is 0 Å². The Morgan fingerprint density at radius 3 is 2.74 bits per heavy atom. The molecular weight excluding hydrogens is 336 g/mol. The van der Waals surface area contributed by atoms with Crippen LogP contribution in [0, 0.1) is 0 Å². The van der Waals surface area contributed by atoms with Crippen molar-refractivity contribution in [2.75, 3.05) is 26.2 Å². The lowest BCUT2D eigenvalue weighted by Gasteiger charge is -2.38. The quantitative estimate of drug-likeness (QED) is 0.395. The Balaban J connectivity index is 1.78. The van der Waals surface area contributed by atoms with Gasteiger partial charge in [0, 0.05) is 44.9 Å². The average molecular weight is 375 g/mol. The minimum absolute atomic E-state index is 0.294. The molecule has 1 heterocycles. The van der Waals surface area contributed by atoms with Crippen molar-refractivity contribution >= 4 is 5.96 Å². The Morgan fingerprint density at radius 1 is 1.30 bits per heavy atom. The highest BCUT2D eigenvalue weighted by Gasteiger charge is 2.25. The molecule has 1 saturated heterocycles. The first-order chi connectivity index (χ1) is 13.1. The average Bonchev–Trinajstić information content (AvgIpc) is 2.64. The summed E-state index contributed by atoms with van der Waals surface area (Å²) in [5.41, 5.74) is 1.40. The van der Waals surface area contributed by atoms with E-state index in [1.54, 1.807) is 0 Å². The third-order valence-electron chi connectivity index (χ3n) is 4.95. The van der Waals surface area contributed by atoms with E-state index in [0.717, 1.165) is 58.0 Å². The van der Waals surface area contributed by atoms with Gasteiger partial charge in [-0.3, -0.25) is 9.89 Å². The fraction of sp³-hybridized carbons (Fsp3) is 0.682. The number of hydrogen-bond donors (Lipinski definition) is 2. The molecule has 0 bridgehead atoms. The minimum Gasteiger partial charge on any atom is -0.379 e. The lowest BCUT2D eigenvalue weighted by atomic mass is 9.97. The molecule has 0 aromatic heterocycles. The van der Waals surface area contributed by atoms with Crippen LogP contribution in [0.25, 0.3) is 0 Å². The molecule has 2 rings (SSSR count). The van der Waals surface area contributed by atoms with E-state index in [4.69, 9.17) is 9.73 Å². The molecule has 0 amide bonds. The van der Waals surface area contributed by atoms with Gasteiger partial charge < -0.3 is 15.4 Å². The third-order valence-corrected chi connectivity index (χ3v) is 4.95. The Bertz CT molecular complexity index is 547. The van der Waals surface area contributed by atoms with Crippen LogP contribution in [0.4, 0.5) is 0 Å². The van der Waals surface area contributed by atoms with Gasteiger partial charge in [-0.25, -0.2) is 0 Å². The highest BCUT2D eigenvalue weighted by Crippen LogP contribution is 2.19. The molecule has 5 heteroatoms. The molecule has 1 aromatic rings. The molecule has 0 radical (unpaired) electrons. The summed E-state index contributed by atoms with van der Waals surface area (Å²) in [6.45, 7) is 13.2. The van der Waals surface area contributed by atoms with Crippen LogP contribution in [0.3, 0.4) is 0 Å². The van der Waals surface area contributed by atoms with Crippen LogP contribution in [-0.2, 0) is 11.3 Å². The topological polar surface area (TPSA) is 48.9 Å². The van der Waals surface area contributed by atoms with Crippen LogP contribution < -0.4 is 10.6 Å². The van der Waals surface area contributed by atoms with Crippen molar-refractivity contribution < 1.29 is 4.74 Å². The molecule has 2 unspecified atom stereocenters. The van der Waals surface area contributed by atoms with Gasteiger partial charge in [-0.05, 0) is 52.5 Å². The van der Waals surface area contributed by atoms with Crippen molar-refractivity contribution in [1.29, 1.82) is 0 Å². The second-order valence-corrected chi connectivity index (χ2v) is 7.70. The van der Waals surface area contributed by atoms with Crippen LogP contribution >= 0.6 is 0 Å². The van der Waals surface area contributed by atoms with Crippen LogP contribution in [0.1, 0.15) is 52.5 Å². The lowest BCUT2D eigenvalue weighted by Crippen LogP contribution is -2.51. The van der Waals surface area contributed by atoms with E-state index < -0.39 is 0 Å². The van der Waals surface area contributed by atoms with Crippen LogP contribution in [-0.4, -0.2) is 55.3 Å². The summed E-state index contributed by atoms with van der Waals surface area (Å²) in [5, 5.41) is 7.02. The number of aliphatic imine (C=N–C) groups is 1. The van der Waals surface area contributed by atoms with Gasteiger partial charge in [-0.1, -0.05) is 30.3 Å². The summed E-state index contributed by atoms with van der Waals surface area (Å²) in [7, 11) is 0. The summed E-state index contributed by atoms with van der Waals surface area (Å²) in [4.78, 5) is 7.30. The number of piperidine rings is 1. The maximum atomic E-state index is 5.59. The van der Waals surface area contributed by atoms with E-state index in [0.29, 0.717) is 18.2 Å². The highest BCUT2D eigenvalue weighted by molar-refractivity contribution is 5.80. The van der Waals surface area contributed by atoms with Gasteiger partial charge in [-0.15, -0.1) is 0 Å². The van der Waals surface area contributed by atoms with E-state index in [-0.39, 0.29) is 0 Å². The first-order valence-electron chi connectivity index (χ1n) is 10.5. The van der Waals surface area contributed by atoms with Gasteiger partial charge >= 0.3 is 0 Å². The van der Waals surface area contributed by atoms with Crippen molar-refractivity contribution in [2.24, 2.45) is 4.99 Å². The standard InChI is InChI=1S/C22H38N4O/c1-5-23-22(24-13-9-15-27-18(2)3)25-21-12-14-26(19(4)16-21)17-20-10-7-6-8-11-20/h6-8,10-11,18-19,21H,5,9,12-17H2,1-4H3,(H2,23,24,25). The van der Waals surface area contributed by atoms with Crippen LogP contribution in [0.5, 0.6) is 0 Å². The van der Waals surface area contributed by atoms with Crippen molar-refractivity contribution in [3.63, 3.8) is 0 Å². The van der Waals surface area contributed by atoms with E-state index in [1.807, 2.05) is 0 Å². The molecule has 5 nitrogen and oxygen atoms in total. The summed E-state index contributed by atoms with van der Waals surface area (Å²) in [6.07, 6.45) is 3.55. The molecule has 1 aliphatic heterocycles. The first kappa shape index (κ1) is 21.7. The summed E-state index contributed by atoms with van der Waals surface area (Å²) >= 11 is 0. The molecule has 0 saturated carbocycles. The molecule has 1 aromatic carbocycles. The van der Waals surface area contributed by atoms with Crippen molar-refractivity contribution in [1.82, 2.24) is 15.5 Å². The fourth-order valence-corrected chi connectivity index (χ4v) is 3.49. The second kappa shape index (κ2) is 12.0. The van der Waals surface area contributed by atoms with Crippen LogP contribution in [0.2, 0.25) is 0 Å². The smallest absolute Gasteiger partial charge is 0.191 e. The molecular formula is C22H38N4O. The number of rotatable bonds is 9. The second-order valence-electron chi connectivity index (χ2n) is 7.70. The van der Waals surface area contributed by atoms with E-state index >= 15 is 0 Å². The van der Waals surface area contributed by atoms with Gasteiger partial charge in [0.1, 0.15) is 0 Å². The van der Waals surface area contributed by atoms with Gasteiger partial charge in [-0.2, -0.15) is 0 Å². The largest absolute Gasteiger partial charge is 0.379 e. The fourth-order valence-electron chi connectivity index (χ4n) is 3.49. The number of nitrogens with zero attached hydrogens (tertiary/aromatic N) is 2. The zero-order chi connectivity index (χ0) is 19.5. The third kappa shape index (κ3) is 8.31.